The van der Waals surface area contributed by atoms with Crippen LogP contribution < -0.4 is 0 Å². The second-order valence-corrected chi connectivity index (χ2v) is 4.41. The molecule has 0 saturated carbocycles. The zero-order valence-corrected chi connectivity index (χ0v) is 9.84. The molecule has 76 valence electrons. The summed E-state index contributed by atoms with van der Waals surface area (Å²) in [5.74, 6) is -0.776. The maximum atomic E-state index is 11.1. The summed E-state index contributed by atoms with van der Waals surface area (Å²) in [5, 5.41) is 9.14. The van der Waals surface area contributed by atoms with Crippen molar-refractivity contribution in [2.75, 3.05) is 0 Å². The van der Waals surface area contributed by atoms with E-state index in [-0.39, 0.29) is 0 Å². The summed E-state index contributed by atoms with van der Waals surface area (Å²) in [6.45, 7) is 3.63. The molecule has 0 amide bonds. The summed E-state index contributed by atoms with van der Waals surface area (Å²) >= 11 is 3.32. The molecule has 0 saturated heterocycles. The van der Waals surface area contributed by atoms with Crippen LogP contribution in [-0.4, -0.2) is 11.1 Å². The number of hydrogen-bond acceptors (Lipinski definition) is 1. The van der Waals surface area contributed by atoms with Gasteiger partial charge in [0.05, 0.1) is 5.41 Å². The van der Waals surface area contributed by atoms with E-state index in [1.807, 2.05) is 31.2 Å². The third kappa shape index (κ3) is 1.98. The third-order valence-corrected chi connectivity index (χ3v) is 3.19. The molecule has 3 heteroatoms. The lowest BCUT2D eigenvalue weighted by molar-refractivity contribution is -0.143. The Labute approximate surface area is 92.1 Å². The van der Waals surface area contributed by atoms with Gasteiger partial charge < -0.3 is 5.11 Å². The van der Waals surface area contributed by atoms with Crippen molar-refractivity contribution in [2.45, 2.75) is 25.7 Å². The highest BCUT2D eigenvalue weighted by Gasteiger charge is 2.32. The highest BCUT2D eigenvalue weighted by Crippen LogP contribution is 2.28. The van der Waals surface area contributed by atoms with Gasteiger partial charge in [-0.2, -0.15) is 0 Å². The number of rotatable bonds is 3. The molecule has 0 spiro atoms. The van der Waals surface area contributed by atoms with Crippen LogP contribution in [0.1, 0.15) is 25.8 Å². The van der Waals surface area contributed by atoms with Gasteiger partial charge in [-0.15, -0.1) is 0 Å². The molecule has 0 aliphatic rings. The number of aliphatic carboxylic acids is 1. The van der Waals surface area contributed by atoms with Crippen LogP contribution in [0.15, 0.2) is 28.7 Å². The first-order chi connectivity index (χ1) is 6.50. The SMILES string of the molecule is CCC(C)(C(=O)O)c1ccc(Br)cc1. The van der Waals surface area contributed by atoms with E-state index >= 15 is 0 Å². The van der Waals surface area contributed by atoms with Crippen LogP contribution in [0.25, 0.3) is 0 Å². The quantitative estimate of drug-likeness (QED) is 0.902. The molecule has 0 bridgehead atoms. The minimum absolute atomic E-state index is 0.587. The van der Waals surface area contributed by atoms with E-state index in [1.54, 1.807) is 6.92 Å². The van der Waals surface area contributed by atoms with Gasteiger partial charge in [-0.3, -0.25) is 4.79 Å². The summed E-state index contributed by atoms with van der Waals surface area (Å²) in [4.78, 5) is 11.1. The lowest BCUT2D eigenvalue weighted by Crippen LogP contribution is -2.31. The summed E-state index contributed by atoms with van der Waals surface area (Å²) in [5.41, 5.74) is 0.0662. The maximum Gasteiger partial charge on any atom is 0.313 e. The topological polar surface area (TPSA) is 37.3 Å². The average molecular weight is 257 g/mol. The van der Waals surface area contributed by atoms with E-state index in [2.05, 4.69) is 15.9 Å². The number of benzene rings is 1. The second-order valence-electron chi connectivity index (χ2n) is 3.50. The molecule has 14 heavy (non-hydrogen) atoms. The molecule has 0 aliphatic heterocycles. The number of carboxylic acid groups (broad SMARTS) is 1. The van der Waals surface area contributed by atoms with Gasteiger partial charge in [0, 0.05) is 4.47 Å². The van der Waals surface area contributed by atoms with Crippen LogP contribution >= 0.6 is 15.9 Å². The first kappa shape index (κ1) is 11.2. The van der Waals surface area contributed by atoms with Crippen LogP contribution in [-0.2, 0) is 10.2 Å². The molecule has 1 N–H and O–H groups in total. The van der Waals surface area contributed by atoms with Crippen molar-refractivity contribution in [3.8, 4) is 0 Å². The van der Waals surface area contributed by atoms with Crippen LogP contribution in [0.4, 0.5) is 0 Å². The van der Waals surface area contributed by atoms with Crippen LogP contribution in [0.5, 0.6) is 0 Å². The standard InChI is InChI=1S/C11H13BrO2/c1-3-11(2,10(13)14)8-4-6-9(12)7-5-8/h4-7H,3H2,1-2H3,(H,13,14). The summed E-state index contributed by atoms with van der Waals surface area (Å²) in [7, 11) is 0. The molecule has 1 unspecified atom stereocenters. The highest BCUT2D eigenvalue weighted by atomic mass is 79.9. The molecule has 2 nitrogen and oxygen atoms in total. The van der Waals surface area contributed by atoms with Crippen molar-refractivity contribution in [1.29, 1.82) is 0 Å². The first-order valence-corrected chi connectivity index (χ1v) is 5.29. The molecule has 1 aromatic rings. The van der Waals surface area contributed by atoms with Gasteiger partial charge in [0.1, 0.15) is 0 Å². The normalized spacial score (nSPS) is 14.8. The van der Waals surface area contributed by atoms with E-state index < -0.39 is 11.4 Å². The summed E-state index contributed by atoms with van der Waals surface area (Å²) in [6, 6.07) is 7.43. The molecule has 0 heterocycles. The van der Waals surface area contributed by atoms with Crippen molar-refractivity contribution < 1.29 is 9.90 Å². The fourth-order valence-corrected chi connectivity index (χ4v) is 1.56. The summed E-state index contributed by atoms with van der Waals surface area (Å²) in [6.07, 6.45) is 0.587. The zero-order valence-electron chi connectivity index (χ0n) is 8.25. The van der Waals surface area contributed by atoms with Gasteiger partial charge in [-0.1, -0.05) is 35.0 Å². The van der Waals surface area contributed by atoms with Crippen molar-refractivity contribution >= 4 is 21.9 Å². The van der Waals surface area contributed by atoms with Crippen LogP contribution in [0.3, 0.4) is 0 Å². The minimum atomic E-state index is -0.777. The van der Waals surface area contributed by atoms with Crippen molar-refractivity contribution in [3.05, 3.63) is 34.3 Å². The monoisotopic (exact) mass is 256 g/mol. The van der Waals surface area contributed by atoms with Gasteiger partial charge in [0.25, 0.3) is 0 Å². The van der Waals surface area contributed by atoms with E-state index in [1.165, 1.54) is 0 Å². The van der Waals surface area contributed by atoms with Gasteiger partial charge in [0.2, 0.25) is 0 Å². The molecule has 0 aromatic heterocycles. The number of hydrogen-bond donors (Lipinski definition) is 1. The maximum absolute atomic E-state index is 11.1. The van der Waals surface area contributed by atoms with Gasteiger partial charge in [0.15, 0.2) is 0 Å². The molecule has 1 atom stereocenters. The fraction of sp³-hybridized carbons (Fsp3) is 0.364. The number of carbonyl (C=O) groups is 1. The molecule has 0 radical (unpaired) electrons. The Morgan fingerprint density at radius 1 is 1.43 bits per heavy atom. The molecular weight excluding hydrogens is 244 g/mol. The largest absolute Gasteiger partial charge is 0.481 e. The Balaban J connectivity index is 3.13. The van der Waals surface area contributed by atoms with E-state index in [4.69, 9.17) is 5.11 Å². The van der Waals surface area contributed by atoms with E-state index in [0.717, 1.165) is 10.0 Å². The van der Waals surface area contributed by atoms with E-state index in [0.29, 0.717) is 6.42 Å². The van der Waals surface area contributed by atoms with Gasteiger partial charge in [-0.05, 0) is 31.0 Å². The molecular formula is C11H13BrO2. The Hall–Kier alpha value is -0.830. The Kier molecular flexibility index (Phi) is 3.32. The Morgan fingerprint density at radius 3 is 2.29 bits per heavy atom. The van der Waals surface area contributed by atoms with Gasteiger partial charge >= 0.3 is 5.97 Å². The second kappa shape index (κ2) is 4.13. The number of halogens is 1. The lowest BCUT2D eigenvalue weighted by Gasteiger charge is -2.23. The molecule has 1 rings (SSSR count). The van der Waals surface area contributed by atoms with Crippen molar-refractivity contribution in [3.63, 3.8) is 0 Å². The molecule has 0 fully saturated rings. The third-order valence-electron chi connectivity index (χ3n) is 2.66. The van der Waals surface area contributed by atoms with Gasteiger partial charge in [-0.25, -0.2) is 0 Å². The predicted octanol–water partition coefficient (Wildman–Crippen LogP) is 3.20. The van der Waals surface area contributed by atoms with E-state index in [9.17, 15) is 4.79 Å². The molecule has 1 aromatic carbocycles. The average Bonchev–Trinajstić information content (AvgIpc) is 2.17. The first-order valence-electron chi connectivity index (χ1n) is 4.50. The lowest BCUT2D eigenvalue weighted by atomic mass is 9.80. The summed E-state index contributed by atoms with van der Waals surface area (Å²) < 4.78 is 0.963. The molecule has 0 aliphatic carbocycles. The predicted molar refractivity (Wildman–Crippen MR) is 59.4 cm³/mol. The smallest absolute Gasteiger partial charge is 0.313 e. The highest BCUT2D eigenvalue weighted by molar-refractivity contribution is 9.10. The fourth-order valence-electron chi connectivity index (χ4n) is 1.30. The Bertz CT molecular complexity index is 332. The number of carboxylic acids is 1. The minimum Gasteiger partial charge on any atom is -0.481 e. The van der Waals surface area contributed by atoms with Crippen molar-refractivity contribution in [1.82, 2.24) is 0 Å². The van der Waals surface area contributed by atoms with Crippen molar-refractivity contribution in [2.24, 2.45) is 0 Å². The zero-order chi connectivity index (χ0) is 10.8. The van der Waals surface area contributed by atoms with Crippen LogP contribution in [0.2, 0.25) is 0 Å². The van der Waals surface area contributed by atoms with Crippen LogP contribution in [0, 0.1) is 0 Å². The Morgan fingerprint density at radius 2 is 1.93 bits per heavy atom.